The second-order valence-electron chi connectivity index (χ2n) is 9.32. The van der Waals surface area contributed by atoms with Gasteiger partial charge in [-0.2, -0.15) is 0 Å². The van der Waals surface area contributed by atoms with Crippen LogP contribution in [-0.4, -0.2) is 50.3 Å². The van der Waals surface area contributed by atoms with Crippen molar-refractivity contribution in [2.24, 2.45) is 0 Å². The minimum Gasteiger partial charge on any atom is -0.494 e. The number of ketones is 1. The minimum atomic E-state index is 0.167. The van der Waals surface area contributed by atoms with Gasteiger partial charge in [0.2, 0.25) is 0 Å². The van der Waals surface area contributed by atoms with Crippen LogP contribution in [0, 0.1) is 6.92 Å². The number of nitrogens with one attached hydrogen (secondary N) is 1. The van der Waals surface area contributed by atoms with Crippen molar-refractivity contribution in [3.8, 4) is 5.75 Å². The van der Waals surface area contributed by atoms with Gasteiger partial charge in [0.25, 0.3) is 0 Å². The Morgan fingerprint density at radius 2 is 1.71 bits per heavy atom. The molecule has 0 amide bonds. The normalized spacial score (nSPS) is 14.1. The largest absolute Gasteiger partial charge is 0.494 e. The second-order valence-corrected chi connectivity index (χ2v) is 9.32. The fourth-order valence-electron chi connectivity index (χ4n) is 4.11. The van der Waals surface area contributed by atoms with Crippen LogP contribution >= 0.6 is 0 Å². The van der Waals surface area contributed by atoms with E-state index >= 15 is 0 Å². The molecule has 0 radical (unpaired) electrons. The summed E-state index contributed by atoms with van der Waals surface area (Å²) in [4.78, 5) is 24.3. The zero-order valence-electron chi connectivity index (χ0n) is 21.9. The predicted molar refractivity (Wildman–Crippen MR) is 144 cm³/mol. The molecule has 1 saturated heterocycles. The first-order valence-electron chi connectivity index (χ1n) is 13.2. The van der Waals surface area contributed by atoms with Gasteiger partial charge in [0.1, 0.15) is 12.0 Å². The lowest BCUT2D eigenvalue weighted by Gasteiger charge is -2.23. The van der Waals surface area contributed by atoms with Crippen LogP contribution in [0.4, 0.5) is 0 Å². The topological polar surface area (TPSA) is 58.6 Å². The Bertz CT molecular complexity index is 843. The predicted octanol–water partition coefficient (Wildman–Crippen LogP) is 6.16. The van der Waals surface area contributed by atoms with Crippen molar-refractivity contribution in [2.45, 2.75) is 71.3 Å². The number of aldehydes is 1. The minimum absolute atomic E-state index is 0.167. The van der Waals surface area contributed by atoms with Crippen molar-refractivity contribution in [1.82, 2.24) is 10.2 Å². The molecule has 2 aromatic carbocycles. The third-order valence-corrected chi connectivity index (χ3v) is 6.39. The molecule has 3 rings (SSSR count). The van der Waals surface area contributed by atoms with E-state index in [1.165, 1.54) is 37.9 Å². The summed E-state index contributed by atoms with van der Waals surface area (Å²) >= 11 is 0. The summed E-state index contributed by atoms with van der Waals surface area (Å²) in [5, 5.41) is 3.43. The summed E-state index contributed by atoms with van der Waals surface area (Å²) in [7, 11) is 2.05. The zero-order valence-corrected chi connectivity index (χ0v) is 21.9. The number of carbonyl (C=O) groups excluding carboxylic acids is 2. The Balaban J connectivity index is 0.000000258. The lowest BCUT2D eigenvalue weighted by atomic mass is 10.0. The first-order chi connectivity index (χ1) is 17.1. The number of likely N-dealkylation sites (N-methyl/N-ethyl adjacent to an activating group) is 1. The van der Waals surface area contributed by atoms with Gasteiger partial charge < -0.3 is 19.7 Å². The maximum absolute atomic E-state index is 11.6. The molecule has 5 nitrogen and oxygen atoms in total. The molecule has 0 saturated carbocycles. The third kappa shape index (κ3) is 11.2. The molecule has 2 aromatic rings. The van der Waals surface area contributed by atoms with Gasteiger partial charge in [-0.1, -0.05) is 55.3 Å². The number of aryl methyl sites for hydroxylation is 1. The highest BCUT2D eigenvalue weighted by Crippen LogP contribution is 2.20. The summed E-state index contributed by atoms with van der Waals surface area (Å²) in [5.74, 6) is 1.15. The average molecular weight is 481 g/mol. The molecule has 1 fully saturated rings. The molecular weight excluding hydrogens is 436 g/mol. The van der Waals surface area contributed by atoms with Gasteiger partial charge >= 0.3 is 0 Å². The van der Waals surface area contributed by atoms with E-state index in [1.54, 1.807) is 0 Å². The first-order valence-corrected chi connectivity index (χ1v) is 13.2. The number of Topliss-reactive ketones (excluding diaryl/α,β-unsaturated/α-hetero) is 1. The molecule has 1 heterocycles. The number of ether oxygens (including phenoxy) is 1. The average Bonchev–Trinajstić information content (AvgIpc) is 3.40. The molecule has 35 heavy (non-hydrogen) atoms. The van der Waals surface area contributed by atoms with Crippen LogP contribution in [0.25, 0.3) is 0 Å². The van der Waals surface area contributed by atoms with Gasteiger partial charge in [-0.05, 0) is 76.9 Å². The number of nitrogens with zero attached hydrogens (tertiary/aromatic N) is 1. The summed E-state index contributed by atoms with van der Waals surface area (Å²) in [6.07, 6.45) is 8.59. The number of hydrogen-bond donors (Lipinski definition) is 1. The molecule has 1 atom stereocenters. The van der Waals surface area contributed by atoms with E-state index < -0.39 is 0 Å². The van der Waals surface area contributed by atoms with Crippen molar-refractivity contribution >= 4 is 12.1 Å². The van der Waals surface area contributed by atoms with E-state index in [4.69, 9.17) is 4.74 Å². The van der Waals surface area contributed by atoms with E-state index in [9.17, 15) is 9.59 Å². The molecule has 192 valence electrons. The highest BCUT2D eigenvalue weighted by molar-refractivity contribution is 5.96. The Labute approximate surface area is 212 Å². The van der Waals surface area contributed by atoms with E-state index in [1.807, 2.05) is 38.2 Å². The standard InChI is InChI=1S/C17H28N2O.C13H16O2/c1-3-4-13-20-16-9-7-15(8-10-16)17(18-2)14-19-11-5-6-12-19;1-11-6-8-12(9-7-11)13(15)5-3-2-4-10-14/h7-10,17-18H,3-6,11-14H2,1-2H3;6-10H,2-5H2,1H3. The first kappa shape index (κ1) is 28.7. The van der Waals surface area contributed by atoms with Crippen LogP contribution in [-0.2, 0) is 4.79 Å². The molecule has 1 unspecified atom stereocenters. The number of hydrogen-bond acceptors (Lipinski definition) is 5. The van der Waals surface area contributed by atoms with Gasteiger partial charge in [0.05, 0.1) is 6.61 Å². The van der Waals surface area contributed by atoms with Crippen LogP contribution in [0.2, 0.25) is 0 Å². The number of benzene rings is 2. The number of unbranched alkanes of at least 4 members (excludes halogenated alkanes) is 3. The Morgan fingerprint density at radius 1 is 1.03 bits per heavy atom. The van der Waals surface area contributed by atoms with Crippen LogP contribution in [0.15, 0.2) is 48.5 Å². The SMILES string of the molecule is CCCCOc1ccc(C(CN2CCCC2)NC)cc1.Cc1ccc(C(=O)CCCCC=O)cc1. The lowest BCUT2D eigenvalue weighted by molar-refractivity contribution is -0.107. The Hall–Kier alpha value is -2.50. The molecule has 1 aliphatic heterocycles. The van der Waals surface area contributed by atoms with Crippen molar-refractivity contribution in [2.75, 3.05) is 33.3 Å². The fourth-order valence-corrected chi connectivity index (χ4v) is 4.11. The highest BCUT2D eigenvalue weighted by Gasteiger charge is 2.17. The zero-order chi connectivity index (χ0) is 25.3. The lowest BCUT2D eigenvalue weighted by Crippen LogP contribution is -2.31. The second kappa shape index (κ2) is 17.0. The molecular formula is C30H44N2O3. The molecule has 0 spiro atoms. The van der Waals surface area contributed by atoms with Gasteiger partial charge in [0.15, 0.2) is 5.78 Å². The molecule has 0 aliphatic carbocycles. The van der Waals surface area contributed by atoms with Crippen LogP contribution in [0.1, 0.15) is 85.8 Å². The van der Waals surface area contributed by atoms with E-state index in [2.05, 4.69) is 41.4 Å². The molecule has 0 aromatic heterocycles. The maximum atomic E-state index is 11.6. The Morgan fingerprint density at radius 3 is 2.31 bits per heavy atom. The summed E-state index contributed by atoms with van der Waals surface area (Å²) in [6, 6.07) is 16.6. The summed E-state index contributed by atoms with van der Waals surface area (Å²) in [5.41, 5.74) is 3.28. The highest BCUT2D eigenvalue weighted by atomic mass is 16.5. The van der Waals surface area contributed by atoms with Crippen molar-refractivity contribution < 1.29 is 14.3 Å². The summed E-state index contributed by atoms with van der Waals surface area (Å²) < 4.78 is 5.72. The van der Waals surface area contributed by atoms with Crippen molar-refractivity contribution in [1.29, 1.82) is 0 Å². The quantitative estimate of drug-likeness (QED) is 0.199. The number of carbonyl (C=O) groups is 2. The van der Waals surface area contributed by atoms with E-state index in [0.717, 1.165) is 55.6 Å². The molecule has 0 bridgehead atoms. The van der Waals surface area contributed by atoms with Gasteiger partial charge in [-0.3, -0.25) is 4.79 Å². The van der Waals surface area contributed by atoms with E-state index in [0.29, 0.717) is 18.9 Å². The van der Waals surface area contributed by atoms with Gasteiger partial charge in [-0.15, -0.1) is 0 Å². The maximum Gasteiger partial charge on any atom is 0.162 e. The number of likely N-dealkylation sites (tertiary alicyclic amines) is 1. The van der Waals surface area contributed by atoms with Crippen LogP contribution in [0.3, 0.4) is 0 Å². The van der Waals surface area contributed by atoms with Crippen LogP contribution < -0.4 is 10.1 Å². The van der Waals surface area contributed by atoms with Crippen LogP contribution in [0.5, 0.6) is 5.75 Å². The molecule has 5 heteroatoms. The van der Waals surface area contributed by atoms with Gasteiger partial charge in [0, 0.05) is 31.0 Å². The molecule has 1 N–H and O–H groups in total. The monoisotopic (exact) mass is 480 g/mol. The van der Waals surface area contributed by atoms with Gasteiger partial charge in [-0.25, -0.2) is 0 Å². The Kier molecular flexibility index (Phi) is 14.0. The third-order valence-electron chi connectivity index (χ3n) is 6.39. The molecule has 1 aliphatic rings. The van der Waals surface area contributed by atoms with Crippen molar-refractivity contribution in [3.05, 3.63) is 65.2 Å². The smallest absolute Gasteiger partial charge is 0.162 e. The summed E-state index contributed by atoms with van der Waals surface area (Å²) in [6.45, 7) is 8.60. The van der Waals surface area contributed by atoms with Crippen molar-refractivity contribution in [3.63, 3.8) is 0 Å². The number of rotatable bonds is 14. The fraction of sp³-hybridized carbons (Fsp3) is 0.533. The van der Waals surface area contributed by atoms with E-state index in [-0.39, 0.29) is 5.78 Å².